The molecule has 0 saturated heterocycles. The monoisotopic (exact) mass is 211 g/mol. The third-order valence-electron chi connectivity index (χ3n) is 2.68. The van der Waals surface area contributed by atoms with E-state index in [1.54, 1.807) is 0 Å². The average molecular weight is 211 g/mol. The SMILES string of the molecule is CNCc1c(C)nn(CC(C)CO)c1C. The minimum atomic E-state index is 0.208. The van der Waals surface area contributed by atoms with Crippen molar-refractivity contribution in [3.05, 3.63) is 17.0 Å². The van der Waals surface area contributed by atoms with Crippen LogP contribution in [0.5, 0.6) is 0 Å². The van der Waals surface area contributed by atoms with Crippen LogP contribution in [0.1, 0.15) is 23.9 Å². The van der Waals surface area contributed by atoms with E-state index in [-0.39, 0.29) is 12.5 Å². The molecule has 1 aromatic rings. The molecule has 86 valence electrons. The van der Waals surface area contributed by atoms with Crippen molar-refractivity contribution < 1.29 is 5.11 Å². The average Bonchev–Trinajstić information content (AvgIpc) is 2.46. The van der Waals surface area contributed by atoms with Crippen LogP contribution in [-0.4, -0.2) is 28.5 Å². The molecule has 2 N–H and O–H groups in total. The number of nitrogens with zero attached hydrogens (tertiary/aromatic N) is 2. The highest BCUT2D eigenvalue weighted by Crippen LogP contribution is 2.14. The molecular weight excluding hydrogens is 190 g/mol. The molecule has 0 saturated carbocycles. The van der Waals surface area contributed by atoms with Gasteiger partial charge >= 0.3 is 0 Å². The van der Waals surface area contributed by atoms with Crippen LogP contribution in [0, 0.1) is 19.8 Å². The van der Waals surface area contributed by atoms with Crippen LogP contribution in [0.15, 0.2) is 0 Å². The van der Waals surface area contributed by atoms with Gasteiger partial charge in [-0.15, -0.1) is 0 Å². The number of nitrogens with one attached hydrogen (secondary N) is 1. The van der Waals surface area contributed by atoms with Crippen molar-refractivity contribution in [2.75, 3.05) is 13.7 Å². The summed E-state index contributed by atoms with van der Waals surface area (Å²) < 4.78 is 1.99. The predicted octanol–water partition coefficient (Wildman–Crippen LogP) is 0.848. The molecule has 0 spiro atoms. The lowest BCUT2D eigenvalue weighted by molar-refractivity contribution is 0.218. The second-order valence-corrected chi connectivity index (χ2v) is 4.15. The van der Waals surface area contributed by atoms with Crippen LogP contribution in [0.2, 0.25) is 0 Å². The fourth-order valence-corrected chi connectivity index (χ4v) is 1.70. The Kier molecular flexibility index (Phi) is 4.29. The fraction of sp³-hybridized carbons (Fsp3) is 0.727. The van der Waals surface area contributed by atoms with Gasteiger partial charge in [-0.2, -0.15) is 5.10 Å². The first-order valence-electron chi connectivity index (χ1n) is 5.38. The van der Waals surface area contributed by atoms with Gasteiger partial charge in [0.25, 0.3) is 0 Å². The van der Waals surface area contributed by atoms with Crippen LogP contribution < -0.4 is 5.32 Å². The van der Waals surface area contributed by atoms with Crippen LogP contribution in [0.4, 0.5) is 0 Å². The first-order valence-corrected chi connectivity index (χ1v) is 5.38. The zero-order chi connectivity index (χ0) is 11.4. The number of aliphatic hydroxyl groups excluding tert-OH is 1. The highest BCUT2D eigenvalue weighted by Gasteiger charge is 2.12. The van der Waals surface area contributed by atoms with Crippen molar-refractivity contribution >= 4 is 0 Å². The zero-order valence-corrected chi connectivity index (χ0v) is 10.0. The second-order valence-electron chi connectivity index (χ2n) is 4.15. The molecule has 0 radical (unpaired) electrons. The molecule has 0 aromatic carbocycles. The lowest BCUT2D eigenvalue weighted by Crippen LogP contribution is -2.14. The third-order valence-corrected chi connectivity index (χ3v) is 2.68. The van der Waals surface area contributed by atoms with Gasteiger partial charge in [-0.05, 0) is 26.8 Å². The number of aromatic nitrogens is 2. The minimum Gasteiger partial charge on any atom is -0.396 e. The van der Waals surface area contributed by atoms with Gasteiger partial charge in [0.05, 0.1) is 5.69 Å². The topological polar surface area (TPSA) is 50.1 Å². The number of aryl methyl sites for hydroxylation is 1. The lowest BCUT2D eigenvalue weighted by atomic mass is 10.2. The Labute approximate surface area is 91.3 Å². The van der Waals surface area contributed by atoms with Gasteiger partial charge in [-0.25, -0.2) is 0 Å². The van der Waals surface area contributed by atoms with E-state index in [2.05, 4.69) is 17.3 Å². The van der Waals surface area contributed by atoms with Crippen molar-refractivity contribution in [3.63, 3.8) is 0 Å². The lowest BCUT2D eigenvalue weighted by Gasteiger charge is -2.09. The molecule has 4 heteroatoms. The Hall–Kier alpha value is -0.870. The van der Waals surface area contributed by atoms with Crippen LogP contribution in [0.25, 0.3) is 0 Å². The van der Waals surface area contributed by atoms with Crippen molar-refractivity contribution in [2.24, 2.45) is 5.92 Å². The summed E-state index contributed by atoms with van der Waals surface area (Å²) in [4.78, 5) is 0. The maximum atomic E-state index is 9.01. The summed E-state index contributed by atoms with van der Waals surface area (Å²) in [5.74, 6) is 0.255. The van der Waals surface area contributed by atoms with E-state index in [1.165, 1.54) is 11.3 Å². The molecule has 1 rings (SSSR count). The molecule has 0 aliphatic carbocycles. The highest BCUT2D eigenvalue weighted by atomic mass is 16.3. The van der Waals surface area contributed by atoms with Gasteiger partial charge in [-0.1, -0.05) is 6.92 Å². The number of hydrogen-bond donors (Lipinski definition) is 2. The predicted molar refractivity (Wildman–Crippen MR) is 60.7 cm³/mol. The van der Waals surface area contributed by atoms with Crippen LogP contribution >= 0.6 is 0 Å². The van der Waals surface area contributed by atoms with E-state index in [0.717, 1.165) is 18.8 Å². The van der Waals surface area contributed by atoms with E-state index in [1.807, 2.05) is 25.6 Å². The Morgan fingerprint density at radius 2 is 2.13 bits per heavy atom. The second kappa shape index (κ2) is 5.28. The maximum Gasteiger partial charge on any atom is 0.0641 e. The molecule has 0 aliphatic rings. The summed E-state index contributed by atoms with van der Waals surface area (Å²) in [7, 11) is 1.94. The summed E-state index contributed by atoms with van der Waals surface area (Å²) in [6.45, 7) is 7.97. The fourth-order valence-electron chi connectivity index (χ4n) is 1.70. The van der Waals surface area contributed by atoms with Gasteiger partial charge in [-0.3, -0.25) is 4.68 Å². The Morgan fingerprint density at radius 1 is 1.47 bits per heavy atom. The van der Waals surface area contributed by atoms with Gasteiger partial charge < -0.3 is 10.4 Å². The summed E-state index contributed by atoms with van der Waals surface area (Å²) in [5, 5.41) is 16.6. The molecule has 1 aromatic heterocycles. The van der Waals surface area contributed by atoms with E-state index in [4.69, 9.17) is 5.11 Å². The van der Waals surface area contributed by atoms with Gasteiger partial charge in [0.15, 0.2) is 0 Å². The maximum absolute atomic E-state index is 9.01. The standard InChI is InChI=1S/C11H21N3O/c1-8(7-15)6-14-10(3)11(5-12-4)9(2)13-14/h8,12,15H,5-7H2,1-4H3. The van der Waals surface area contributed by atoms with Crippen molar-refractivity contribution in [2.45, 2.75) is 33.9 Å². The summed E-state index contributed by atoms with van der Waals surface area (Å²) in [6.07, 6.45) is 0. The first-order chi connectivity index (χ1) is 7.10. The van der Waals surface area contributed by atoms with E-state index < -0.39 is 0 Å². The van der Waals surface area contributed by atoms with Gasteiger partial charge in [0.1, 0.15) is 0 Å². The van der Waals surface area contributed by atoms with Crippen molar-refractivity contribution in [1.29, 1.82) is 0 Å². The van der Waals surface area contributed by atoms with E-state index in [9.17, 15) is 0 Å². The molecular formula is C11H21N3O. The smallest absolute Gasteiger partial charge is 0.0641 e. The first kappa shape index (κ1) is 12.2. The minimum absolute atomic E-state index is 0.208. The highest BCUT2D eigenvalue weighted by molar-refractivity contribution is 5.24. The Bertz CT molecular complexity index is 320. The summed E-state index contributed by atoms with van der Waals surface area (Å²) >= 11 is 0. The van der Waals surface area contributed by atoms with Crippen LogP contribution in [0.3, 0.4) is 0 Å². The Balaban J connectivity index is 2.86. The van der Waals surface area contributed by atoms with Crippen LogP contribution in [-0.2, 0) is 13.1 Å². The molecule has 1 unspecified atom stereocenters. The van der Waals surface area contributed by atoms with E-state index in [0.29, 0.717) is 0 Å². The molecule has 0 fully saturated rings. The molecule has 0 amide bonds. The molecule has 15 heavy (non-hydrogen) atoms. The largest absolute Gasteiger partial charge is 0.396 e. The number of rotatable bonds is 5. The van der Waals surface area contributed by atoms with Crippen molar-refractivity contribution in [1.82, 2.24) is 15.1 Å². The summed E-state index contributed by atoms with van der Waals surface area (Å²) in [6, 6.07) is 0. The summed E-state index contributed by atoms with van der Waals surface area (Å²) in [5.41, 5.74) is 3.54. The van der Waals surface area contributed by atoms with Gasteiger partial charge in [0.2, 0.25) is 0 Å². The molecule has 0 aliphatic heterocycles. The third kappa shape index (κ3) is 2.79. The van der Waals surface area contributed by atoms with Crippen molar-refractivity contribution in [3.8, 4) is 0 Å². The Morgan fingerprint density at radius 3 is 2.67 bits per heavy atom. The number of aliphatic hydroxyl groups is 1. The molecule has 4 nitrogen and oxygen atoms in total. The zero-order valence-electron chi connectivity index (χ0n) is 10.0. The quantitative estimate of drug-likeness (QED) is 0.759. The molecule has 0 bridgehead atoms. The molecule has 1 atom stereocenters. The normalized spacial score (nSPS) is 13.1. The molecule has 1 heterocycles. The number of hydrogen-bond acceptors (Lipinski definition) is 3. The van der Waals surface area contributed by atoms with E-state index >= 15 is 0 Å². The van der Waals surface area contributed by atoms with Gasteiger partial charge in [0, 0.05) is 31.0 Å².